The van der Waals surface area contributed by atoms with Gasteiger partial charge >= 0.3 is 6.18 Å². The predicted molar refractivity (Wildman–Crippen MR) is 59.8 cm³/mol. The van der Waals surface area contributed by atoms with Crippen LogP contribution in [0.2, 0.25) is 0 Å². The maximum absolute atomic E-state index is 12.9. The average molecular weight is 261 g/mol. The molecule has 100 valence electrons. The highest BCUT2D eigenvalue weighted by Gasteiger charge is 2.42. The molecule has 0 aliphatic rings. The van der Waals surface area contributed by atoms with E-state index in [1.807, 2.05) is 0 Å². The number of hydrogen-bond donors (Lipinski definition) is 2. The van der Waals surface area contributed by atoms with Crippen molar-refractivity contribution in [1.82, 2.24) is 5.32 Å². The highest BCUT2D eigenvalue weighted by molar-refractivity contribution is 5.80. The molecule has 1 aromatic rings. The van der Waals surface area contributed by atoms with Gasteiger partial charge in [0.15, 0.2) is 6.04 Å². The first-order valence-electron chi connectivity index (χ1n) is 5.33. The summed E-state index contributed by atoms with van der Waals surface area (Å²) < 4.78 is 38.6. The van der Waals surface area contributed by atoms with Crippen molar-refractivity contribution in [3.63, 3.8) is 0 Å². The lowest BCUT2D eigenvalue weighted by molar-refractivity contribution is -0.165. The molecule has 0 radical (unpaired) electrons. The molecule has 2 N–H and O–H groups in total. The lowest BCUT2D eigenvalue weighted by Gasteiger charge is -2.23. The molecular formula is C12H14F3NO2. The van der Waals surface area contributed by atoms with Gasteiger partial charge < -0.3 is 10.4 Å². The SMILES string of the molecule is Cc1cccc([C@@H](NC(=O)[C@@H](C)O)C(F)(F)F)c1. The van der Waals surface area contributed by atoms with E-state index in [4.69, 9.17) is 5.11 Å². The topological polar surface area (TPSA) is 49.3 Å². The van der Waals surface area contributed by atoms with Crippen LogP contribution >= 0.6 is 0 Å². The molecule has 0 aliphatic carbocycles. The summed E-state index contributed by atoms with van der Waals surface area (Å²) >= 11 is 0. The first-order valence-corrected chi connectivity index (χ1v) is 5.33. The second-order valence-electron chi connectivity index (χ2n) is 4.07. The molecule has 0 saturated carbocycles. The first-order chi connectivity index (χ1) is 8.21. The third-order valence-corrected chi connectivity index (χ3v) is 2.37. The summed E-state index contributed by atoms with van der Waals surface area (Å²) in [6.45, 7) is 2.77. The van der Waals surface area contributed by atoms with Crippen LogP contribution in [-0.2, 0) is 4.79 Å². The van der Waals surface area contributed by atoms with Crippen molar-refractivity contribution >= 4 is 5.91 Å². The van der Waals surface area contributed by atoms with Crippen LogP contribution in [0.4, 0.5) is 13.2 Å². The van der Waals surface area contributed by atoms with E-state index in [2.05, 4.69) is 0 Å². The highest BCUT2D eigenvalue weighted by atomic mass is 19.4. The second-order valence-corrected chi connectivity index (χ2v) is 4.07. The van der Waals surface area contributed by atoms with Crippen molar-refractivity contribution in [2.45, 2.75) is 32.2 Å². The van der Waals surface area contributed by atoms with Gasteiger partial charge in [0.25, 0.3) is 0 Å². The molecule has 1 aromatic carbocycles. The van der Waals surface area contributed by atoms with E-state index in [0.717, 1.165) is 6.92 Å². The summed E-state index contributed by atoms with van der Waals surface area (Å²) in [5.41, 5.74) is 0.601. The summed E-state index contributed by atoms with van der Waals surface area (Å²) in [5.74, 6) is -1.06. The Morgan fingerprint density at radius 1 is 1.39 bits per heavy atom. The van der Waals surface area contributed by atoms with Gasteiger partial charge in [-0.3, -0.25) is 4.79 Å². The van der Waals surface area contributed by atoms with Crippen LogP contribution in [0, 0.1) is 6.92 Å². The van der Waals surface area contributed by atoms with E-state index < -0.39 is 24.2 Å². The standard InChI is InChI=1S/C12H14F3NO2/c1-7-4-3-5-9(6-7)10(12(13,14)15)16-11(18)8(2)17/h3-6,8,10,17H,1-2H3,(H,16,18)/t8-,10-/m1/s1. The molecule has 3 nitrogen and oxygen atoms in total. The lowest BCUT2D eigenvalue weighted by Crippen LogP contribution is -2.42. The Morgan fingerprint density at radius 2 is 2.00 bits per heavy atom. The van der Waals surface area contributed by atoms with Gasteiger partial charge in [0.1, 0.15) is 6.10 Å². The van der Waals surface area contributed by atoms with Crippen molar-refractivity contribution in [3.05, 3.63) is 35.4 Å². The minimum atomic E-state index is -4.61. The minimum absolute atomic E-state index is 0.0588. The van der Waals surface area contributed by atoms with Gasteiger partial charge in [-0.15, -0.1) is 0 Å². The van der Waals surface area contributed by atoms with Crippen molar-refractivity contribution in [1.29, 1.82) is 0 Å². The number of carbonyl (C=O) groups is 1. The zero-order valence-corrected chi connectivity index (χ0v) is 9.95. The lowest BCUT2D eigenvalue weighted by atomic mass is 10.0. The van der Waals surface area contributed by atoms with Gasteiger partial charge in [0.2, 0.25) is 5.91 Å². The Balaban J connectivity index is 3.03. The molecule has 0 unspecified atom stereocenters. The number of hydrogen-bond acceptors (Lipinski definition) is 2. The van der Waals surface area contributed by atoms with E-state index in [1.54, 1.807) is 18.3 Å². The van der Waals surface area contributed by atoms with E-state index in [1.165, 1.54) is 18.2 Å². The number of rotatable bonds is 3. The van der Waals surface area contributed by atoms with Crippen LogP contribution in [-0.4, -0.2) is 23.3 Å². The Morgan fingerprint density at radius 3 is 2.44 bits per heavy atom. The van der Waals surface area contributed by atoms with Crippen molar-refractivity contribution in [3.8, 4) is 0 Å². The zero-order chi connectivity index (χ0) is 13.9. The third kappa shape index (κ3) is 3.73. The van der Waals surface area contributed by atoms with E-state index in [0.29, 0.717) is 5.56 Å². The maximum Gasteiger partial charge on any atom is 0.412 e. The van der Waals surface area contributed by atoms with E-state index in [-0.39, 0.29) is 5.56 Å². The fourth-order valence-corrected chi connectivity index (χ4v) is 1.47. The van der Waals surface area contributed by atoms with Crippen LogP contribution < -0.4 is 5.32 Å². The van der Waals surface area contributed by atoms with Crippen LogP contribution in [0.25, 0.3) is 0 Å². The summed E-state index contributed by atoms with van der Waals surface area (Å²) in [6.07, 6.45) is -6.10. The summed E-state index contributed by atoms with van der Waals surface area (Å²) in [6, 6.07) is 3.67. The van der Waals surface area contributed by atoms with Crippen LogP contribution in [0.15, 0.2) is 24.3 Å². The largest absolute Gasteiger partial charge is 0.412 e. The molecule has 0 bridgehead atoms. The predicted octanol–water partition coefficient (Wildman–Crippen LogP) is 2.10. The molecule has 0 spiro atoms. The Kier molecular flexibility index (Phi) is 4.34. The second kappa shape index (κ2) is 5.39. The molecule has 0 aliphatic heterocycles. The number of carbonyl (C=O) groups excluding carboxylic acids is 1. The number of aliphatic hydroxyl groups excluding tert-OH is 1. The average Bonchev–Trinajstić information content (AvgIpc) is 2.23. The van der Waals surface area contributed by atoms with Gasteiger partial charge in [-0.1, -0.05) is 29.8 Å². The third-order valence-electron chi connectivity index (χ3n) is 2.37. The van der Waals surface area contributed by atoms with Gasteiger partial charge in [-0.2, -0.15) is 13.2 Å². The summed E-state index contributed by atoms with van der Waals surface area (Å²) in [5, 5.41) is 10.7. The molecule has 0 fully saturated rings. The Hall–Kier alpha value is -1.56. The molecule has 2 atom stereocenters. The smallest absolute Gasteiger partial charge is 0.384 e. The van der Waals surface area contributed by atoms with Gasteiger partial charge in [-0.05, 0) is 19.4 Å². The van der Waals surface area contributed by atoms with Gasteiger partial charge in [0.05, 0.1) is 0 Å². The van der Waals surface area contributed by atoms with Crippen molar-refractivity contribution < 1.29 is 23.1 Å². The molecule has 6 heteroatoms. The number of alkyl halides is 3. The van der Waals surface area contributed by atoms with Crippen LogP contribution in [0.1, 0.15) is 24.1 Å². The quantitative estimate of drug-likeness (QED) is 0.875. The fourth-order valence-electron chi connectivity index (χ4n) is 1.47. The van der Waals surface area contributed by atoms with Crippen LogP contribution in [0.3, 0.4) is 0 Å². The fraction of sp³-hybridized carbons (Fsp3) is 0.417. The number of halogens is 3. The van der Waals surface area contributed by atoms with E-state index >= 15 is 0 Å². The molecule has 0 saturated heterocycles. The van der Waals surface area contributed by atoms with Crippen molar-refractivity contribution in [2.24, 2.45) is 0 Å². The minimum Gasteiger partial charge on any atom is -0.384 e. The number of nitrogens with one attached hydrogen (secondary N) is 1. The molecule has 1 rings (SSSR count). The Bertz CT molecular complexity index is 430. The van der Waals surface area contributed by atoms with E-state index in [9.17, 15) is 18.0 Å². The number of benzene rings is 1. The summed E-state index contributed by atoms with van der Waals surface area (Å²) in [7, 11) is 0. The molecule has 18 heavy (non-hydrogen) atoms. The first kappa shape index (κ1) is 14.5. The molecular weight excluding hydrogens is 247 g/mol. The number of aliphatic hydroxyl groups is 1. The zero-order valence-electron chi connectivity index (χ0n) is 9.95. The maximum atomic E-state index is 12.9. The van der Waals surface area contributed by atoms with Gasteiger partial charge in [0, 0.05) is 0 Å². The molecule has 0 aromatic heterocycles. The Labute approximate surface area is 103 Å². The number of aryl methyl sites for hydroxylation is 1. The monoisotopic (exact) mass is 261 g/mol. The highest BCUT2D eigenvalue weighted by Crippen LogP contribution is 2.32. The summed E-state index contributed by atoms with van der Waals surface area (Å²) in [4.78, 5) is 11.2. The molecule has 1 amide bonds. The van der Waals surface area contributed by atoms with Crippen molar-refractivity contribution in [2.75, 3.05) is 0 Å². The molecule has 0 heterocycles. The normalized spacial score (nSPS) is 15.0. The van der Waals surface area contributed by atoms with Gasteiger partial charge in [-0.25, -0.2) is 0 Å². The van der Waals surface area contributed by atoms with Crippen LogP contribution in [0.5, 0.6) is 0 Å². The number of amides is 1.